The van der Waals surface area contributed by atoms with Crippen LogP contribution in [0.25, 0.3) is 10.9 Å². The van der Waals surface area contributed by atoms with Gasteiger partial charge in [-0.15, -0.1) is 0 Å². The maximum absolute atomic E-state index is 12.7. The summed E-state index contributed by atoms with van der Waals surface area (Å²) in [6.07, 6.45) is 3.85. The second-order valence-electron chi connectivity index (χ2n) is 6.86. The Hall–Kier alpha value is -1.64. The lowest BCUT2D eigenvalue weighted by Crippen LogP contribution is -2.27. The Morgan fingerprint density at radius 3 is 2.81 bits per heavy atom. The Balaban J connectivity index is 1.90. The number of Topliss-reactive ketones (excluding diaryl/α,β-unsaturated/α-hetero) is 1. The van der Waals surface area contributed by atoms with Crippen molar-refractivity contribution >= 4 is 16.7 Å². The Bertz CT molecular complexity index is 669. The van der Waals surface area contributed by atoms with E-state index in [9.17, 15) is 4.79 Å². The van der Waals surface area contributed by atoms with Crippen LogP contribution in [0.3, 0.4) is 0 Å². The van der Waals surface area contributed by atoms with Gasteiger partial charge in [-0.3, -0.25) is 9.48 Å². The first-order valence-corrected chi connectivity index (χ1v) is 8.00. The van der Waals surface area contributed by atoms with E-state index in [-0.39, 0.29) is 11.3 Å². The van der Waals surface area contributed by atoms with Crippen molar-refractivity contribution in [2.45, 2.75) is 53.0 Å². The zero-order chi connectivity index (χ0) is 15.0. The lowest BCUT2D eigenvalue weighted by Gasteiger charge is -2.25. The van der Waals surface area contributed by atoms with Crippen molar-refractivity contribution in [2.75, 3.05) is 0 Å². The second-order valence-corrected chi connectivity index (χ2v) is 6.86. The Kier molecular flexibility index (Phi) is 3.60. The van der Waals surface area contributed by atoms with Crippen LogP contribution in [0.1, 0.15) is 45.7 Å². The standard InChI is InChI=1S/C18H24N2O/c1-4-20-16-10-6-5-8-13(16)15(19-20)12-17(21)14-9-7-11-18(14,2)3/h5-6,8,10,14H,4,7,9,11-12H2,1-3H3. The van der Waals surface area contributed by atoms with E-state index < -0.39 is 0 Å². The summed E-state index contributed by atoms with van der Waals surface area (Å²) in [5.41, 5.74) is 2.23. The first-order valence-electron chi connectivity index (χ1n) is 8.00. The Labute approximate surface area is 126 Å². The number of carbonyl (C=O) groups excluding carboxylic acids is 1. The zero-order valence-electron chi connectivity index (χ0n) is 13.2. The maximum atomic E-state index is 12.7. The summed E-state index contributed by atoms with van der Waals surface area (Å²) in [5.74, 6) is 0.562. The van der Waals surface area contributed by atoms with Gasteiger partial charge >= 0.3 is 0 Å². The van der Waals surface area contributed by atoms with Crippen molar-refractivity contribution in [3.8, 4) is 0 Å². The first-order chi connectivity index (χ1) is 10.0. The molecule has 3 nitrogen and oxygen atoms in total. The van der Waals surface area contributed by atoms with Crippen molar-refractivity contribution in [3.05, 3.63) is 30.0 Å². The number of fused-ring (bicyclic) bond motifs is 1. The first kappa shape index (κ1) is 14.3. The molecule has 1 aromatic carbocycles. The summed E-state index contributed by atoms with van der Waals surface area (Å²) in [5, 5.41) is 5.79. The van der Waals surface area contributed by atoms with Gasteiger partial charge in [0.05, 0.1) is 17.6 Å². The molecule has 1 aliphatic rings. The molecule has 3 rings (SSSR count). The highest BCUT2D eigenvalue weighted by atomic mass is 16.1. The average Bonchev–Trinajstić information content (AvgIpc) is 2.99. The van der Waals surface area contributed by atoms with Crippen molar-refractivity contribution < 1.29 is 4.79 Å². The third-order valence-corrected chi connectivity index (χ3v) is 5.02. The third kappa shape index (κ3) is 2.50. The van der Waals surface area contributed by atoms with Crippen molar-refractivity contribution in [1.29, 1.82) is 0 Å². The minimum atomic E-state index is 0.153. The molecule has 0 saturated heterocycles. The van der Waals surface area contributed by atoms with Crippen LogP contribution >= 0.6 is 0 Å². The van der Waals surface area contributed by atoms with Crippen LogP contribution in [0.15, 0.2) is 24.3 Å². The van der Waals surface area contributed by atoms with Gasteiger partial charge in [-0.05, 0) is 31.2 Å². The molecule has 112 valence electrons. The summed E-state index contributed by atoms with van der Waals surface area (Å²) in [6, 6.07) is 8.22. The van der Waals surface area contributed by atoms with Gasteiger partial charge in [0.1, 0.15) is 5.78 Å². The van der Waals surface area contributed by atoms with Gasteiger partial charge in [0, 0.05) is 17.8 Å². The SMILES string of the molecule is CCn1nc(CC(=O)C2CCCC2(C)C)c2ccccc21. The lowest BCUT2D eigenvalue weighted by atomic mass is 9.78. The predicted octanol–water partition coefficient (Wildman–Crippen LogP) is 3.99. The fraction of sp³-hybridized carbons (Fsp3) is 0.556. The van der Waals surface area contributed by atoms with Gasteiger partial charge in [-0.1, -0.05) is 38.5 Å². The molecule has 1 aromatic heterocycles. The smallest absolute Gasteiger partial charge is 0.142 e. The van der Waals surface area contributed by atoms with E-state index in [1.807, 2.05) is 16.8 Å². The number of nitrogens with zero attached hydrogens (tertiary/aromatic N) is 2. The molecule has 1 atom stereocenters. The topological polar surface area (TPSA) is 34.9 Å². The number of hydrogen-bond acceptors (Lipinski definition) is 2. The van der Waals surface area contributed by atoms with Gasteiger partial charge in [0.25, 0.3) is 0 Å². The summed E-state index contributed by atoms with van der Waals surface area (Å²) in [6.45, 7) is 7.38. The average molecular weight is 284 g/mol. The van der Waals surface area contributed by atoms with Crippen LogP contribution in [0, 0.1) is 11.3 Å². The number of carbonyl (C=O) groups is 1. The number of rotatable bonds is 4. The quantitative estimate of drug-likeness (QED) is 0.850. The normalized spacial score (nSPS) is 21.0. The largest absolute Gasteiger partial charge is 0.299 e. The molecule has 2 aromatic rings. The molecule has 21 heavy (non-hydrogen) atoms. The Morgan fingerprint density at radius 1 is 1.38 bits per heavy atom. The highest BCUT2D eigenvalue weighted by Crippen LogP contribution is 2.43. The summed E-state index contributed by atoms with van der Waals surface area (Å²) in [7, 11) is 0. The minimum Gasteiger partial charge on any atom is -0.299 e. The second kappa shape index (κ2) is 5.28. The van der Waals surface area contributed by atoms with Crippen LogP contribution < -0.4 is 0 Å². The molecule has 1 heterocycles. The number of ketones is 1. The Morgan fingerprint density at radius 2 is 2.14 bits per heavy atom. The number of hydrogen-bond donors (Lipinski definition) is 0. The van der Waals surface area contributed by atoms with E-state index in [0.717, 1.165) is 36.0 Å². The summed E-state index contributed by atoms with van der Waals surface area (Å²) >= 11 is 0. The van der Waals surface area contributed by atoms with Crippen LogP contribution in [0.5, 0.6) is 0 Å². The summed E-state index contributed by atoms with van der Waals surface area (Å²) < 4.78 is 2.00. The van der Waals surface area contributed by atoms with Crippen LogP contribution in [-0.2, 0) is 17.8 Å². The van der Waals surface area contributed by atoms with Crippen LogP contribution in [0.4, 0.5) is 0 Å². The van der Waals surface area contributed by atoms with Gasteiger partial charge in [-0.2, -0.15) is 5.10 Å². The highest BCUT2D eigenvalue weighted by molar-refractivity contribution is 5.90. The van der Waals surface area contributed by atoms with Gasteiger partial charge in [0.15, 0.2) is 0 Å². The van der Waals surface area contributed by atoms with Gasteiger partial charge in [-0.25, -0.2) is 0 Å². The van der Waals surface area contributed by atoms with E-state index in [0.29, 0.717) is 12.2 Å². The predicted molar refractivity (Wildman–Crippen MR) is 85.2 cm³/mol. The number of para-hydroxylation sites is 1. The summed E-state index contributed by atoms with van der Waals surface area (Å²) in [4.78, 5) is 12.7. The highest BCUT2D eigenvalue weighted by Gasteiger charge is 2.39. The van der Waals surface area contributed by atoms with E-state index in [1.54, 1.807) is 0 Å². The maximum Gasteiger partial charge on any atom is 0.142 e. The van der Waals surface area contributed by atoms with Crippen molar-refractivity contribution in [2.24, 2.45) is 11.3 Å². The molecule has 0 bridgehead atoms. The van der Waals surface area contributed by atoms with E-state index >= 15 is 0 Å². The molecule has 0 radical (unpaired) electrons. The molecule has 0 N–H and O–H groups in total. The molecule has 1 saturated carbocycles. The van der Waals surface area contributed by atoms with Crippen molar-refractivity contribution in [3.63, 3.8) is 0 Å². The van der Waals surface area contributed by atoms with Gasteiger partial charge in [0.2, 0.25) is 0 Å². The van der Waals surface area contributed by atoms with Crippen molar-refractivity contribution in [1.82, 2.24) is 9.78 Å². The third-order valence-electron chi connectivity index (χ3n) is 5.02. The molecular weight excluding hydrogens is 260 g/mol. The van der Waals surface area contributed by atoms with E-state index in [1.165, 1.54) is 6.42 Å². The monoisotopic (exact) mass is 284 g/mol. The molecule has 0 amide bonds. The van der Waals surface area contributed by atoms with Crippen LogP contribution in [-0.4, -0.2) is 15.6 Å². The molecule has 0 aliphatic heterocycles. The number of benzene rings is 1. The fourth-order valence-electron chi connectivity index (χ4n) is 3.78. The molecule has 1 fully saturated rings. The minimum absolute atomic E-state index is 0.153. The molecule has 1 aliphatic carbocycles. The molecule has 1 unspecified atom stereocenters. The zero-order valence-corrected chi connectivity index (χ0v) is 13.2. The fourth-order valence-corrected chi connectivity index (χ4v) is 3.78. The van der Waals surface area contributed by atoms with E-state index in [2.05, 4.69) is 38.0 Å². The van der Waals surface area contributed by atoms with Gasteiger partial charge < -0.3 is 0 Å². The van der Waals surface area contributed by atoms with Crippen LogP contribution in [0.2, 0.25) is 0 Å². The number of aryl methyl sites for hydroxylation is 1. The number of aromatic nitrogens is 2. The lowest BCUT2D eigenvalue weighted by molar-refractivity contribution is -0.124. The van der Waals surface area contributed by atoms with E-state index in [4.69, 9.17) is 0 Å². The molecule has 0 spiro atoms. The molecular formula is C18H24N2O. The molecule has 3 heteroatoms.